The van der Waals surface area contributed by atoms with Crippen LogP contribution in [0.25, 0.3) is 10.9 Å². The number of nitrogens with one attached hydrogen (secondary N) is 1. The van der Waals surface area contributed by atoms with Crippen molar-refractivity contribution in [1.82, 2.24) is 4.57 Å². The fourth-order valence-electron chi connectivity index (χ4n) is 3.01. The molecule has 6 nitrogen and oxygen atoms in total. The number of nitrogens with zero attached hydrogens (tertiary/aromatic N) is 1. The molecule has 0 saturated carbocycles. The zero-order valence-corrected chi connectivity index (χ0v) is 13.3. The third-order valence-electron chi connectivity index (χ3n) is 4.21. The highest BCUT2D eigenvalue weighted by atomic mass is 16.5. The topological polar surface area (TPSA) is 69.6 Å². The average molecular weight is 316 g/mol. The molecule has 1 aliphatic rings. The molecule has 1 N–H and O–H groups in total. The number of benzene rings is 1. The molecule has 2 aromatic rings. The van der Waals surface area contributed by atoms with Gasteiger partial charge in [0, 0.05) is 19.0 Å². The molecule has 2 heterocycles. The second-order valence-corrected chi connectivity index (χ2v) is 5.64. The van der Waals surface area contributed by atoms with Crippen molar-refractivity contribution in [3.63, 3.8) is 0 Å². The van der Waals surface area contributed by atoms with E-state index >= 15 is 0 Å². The van der Waals surface area contributed by atoms with E-state index in [1.165, 1.54) is 7.11 Å². The van der Waals surface area contributed by atoms with Crippen LogP contribution in [0.5, 0.6) is 0 Å². The summed E-state index contributed by atoms with van der Waals surface area (Å²) in [6.07, 6.45) is 2.18. The van der Waals surface area contributed by atoms with E-state index in [0.29, 0.717) is 24.4 Å². The van der Waals surface area contributed by atoms with Gasteiger partial charge < -0.3 is 19.4 Å². The van der Waals surface area contributed by atoms with Gasteiger partial charge in [0.15, 0.2) is 5.69 Å². The van der Waals surface area contributed by atoms with Crippen molar-refractivity contribution in [1.29, 1.82) is 0 Å². The number of amides is 1. The Kier molecular flexibility index (Phi) is 4.34. The van der Waals surface area contributed by atoms with Crippen LogP contribution in [0.15, 0.2) is 24.3 Å². The monoisotopic (exact) mass is 316 g/mol. The van der Waals surface area contributed by atoms with Crippen LogP contribution in [-0.4, -0.2) is 36.3 Å². The minimum Gasteiger partial charge on any atom is -0.464 e. The fraction of sp³-hybridized carbons (Fsp3) is 0.412. The molecule has 0 radical (unpaired) electrons. The normalized spacial score (nSPS) is 17.9. The highest BCUT2D eigenvalue weighted by molar-refractivity contribution is 6.12. The van der Waals surface area contributed by atoms with Gasteiger partial charge in [-0.25, -0.2) is 4.79 Å². The van der Waals surface area contributed by atoms with Crippen LogP contribution in [0, 0.1) is 0 Å². The Morgan fingerprint density at radius 1 is 1.30 bits per heavy atom. The molecule has 1 atom stereocenters. The highest BCUT2D eigenvalue weighted by Gasteiger charge is 2.27. The lowest BCUT2D eigenvalue weighted by molar-refractivity contribution is -0.129. The lowest BCUT2D eigenvalue weighted by Gasteiger charge is -2.21. The number of aryl methyl sites for hydroxylation is 1. The van der Waals surface area contributed by atoms with Crippen molar-refractivity contribution in [3.8, 4) is 0 Å². The lowest BCUT2D eigenvalue weighted by Crippen LogP contribution is -2.33. The van der Waals surface area contributed by atoms with Crippen LogP contribution >= 0.6 is 0 Å². The first-order chi connectivity index (χ1) is 11.1. The predicted molar refractivity (Wildman–Crippen MR) is 86.5 cm³/mol. The number of ether oxygens (including phenoxy) is 2. The minimum atomic E-state index is -0.483. The summed E-state index contributed by atoms with van der Waals surface area (Å²) < 4.78 is 12.1. The lowest BCUT2D eigenvalue weighted by atomic mass is 10.1. The van der Waals surface area contributed by atoms with Crippen molar-refractivity contribution in [2.45, 2.75) is 25.4 Å². The molecule has 1 aromatic carbocycles. The molecule has 1 unspecified atom stereocenters. The molecule has 0 spiro atoms. The van der Waals surface area contributed by atoms with E-state index in [9.17, 15) is 9.59 Å². The summed E-state index contributed by atoms with van der Waals surface area (Å²) in [6.45, 7) is 0.595. The predicted octanol–water partition coefficient (Wildman–Crippen LogP) is 2.47. The summed E-state index contributed by atoms with van der Waals surface area (Å²) in [4.78, 5) is 24.6. The highest BCUT2D eigenvalue weighted by Crippen LogP contribution is 2.31. The number of hydrogen-bond acceptors (Lipinski definition) is 4. The smallest absolute Gasteiger partial charge is 0.356 e. The van der Waals surface area contributed by atoms with E-state index < -0.39 is 12.1 Å². The van der Waals surface area contributed by atoms with Crippen LogP contribution in [-0.2, 0) is 21.3 Å². The molecule has 23 heavy (non-hydrogen) atoms. The van der Waals surface area contributed by atoms with Crippen LogP contribution in [0.3, 0.4) is 0 Å². The number of aromatic nitrogens is 1. The quantitative estimate of drug-likeness (QED) is 0.883. The molecule has 6 heteroatoms. The molecule has 3 rings (SSSR count). The Labute approximate surface area is 134 Å². The summed E-state index contributed by atoms with van der Waals surface area (Å²) in [5.41, 5.74) is 1.67. The van der Waals surface area contributed by atoms with Gasteiger partial charge in [-0.1, -0.05) is 18.2 Å². The van der Waals surface area contributed by atoms with Crippen molar-refractivity contribution >= 4 is 28.5 Å². The minimum absolute atomic E-state index is 0.216. The first kappa shape index (κ1) is 15.6. The van der Waals surface area contributed by atoms with Gasteiger partial charge in [0.2, 0.25) is 0 Å². The number of hydrogen-bond donors (Lipinski definition) is 1. The van der Waals surface area contributed by atoms with E-state index in [1.54, 1.807) is 11.6 Å². The first-order valence-corrected chi connectivity index (χ1v) is 7.71. The maximum absolute atomic E-state index is 12.5. The van der Waals surface area contributed by atoms with Gasteiger partial charge >= 0.3 is 5.97 Å². The number of rotatable bonds is 3. The Bertz CT molecular complexity index is 744. The Morgan fingerprint density at radius 2 is 2.09 bits per heavy atom. The molecule has 122 valence electrons. The third-order valence-corrected chi connectivity index (χ3v) is 4.21. The molecule has 1 fully saturated rings. The molecule has 0 aliphatic carbocycles. The summed E-state index contributed by atoms with van der Waals surface area (Å²) in [5, 5.41) is 3.68. The molecule has 0 bridgehead atoms. The zero-order chi connectivity index (χ0) is 16.4. The summed E-state index contributed by atoms with van der Waals surface area (Å²) >= 11 is 0. The number of anilines is 1. The van der Waals surface area contributed by atoms with Gasteiger partial charge in [-0.15, -0.1) is 0 Å². The van der Waals surface area contributed by atoms with Crippen LogP contribution in [0.2, 0.25) is 0 Å². The maximum Gasteiger partial charge on any atom is 0.356 e. The van der Waals surface area contributed by atoms with Crippen molar-refractivity contribution < 1.29 is 19.1 Å². The van der Waals surface area contributed by atoms with Gasteiger partial charge in [-0.3, -0.25) is 4.79 Å². The number of fused-ring (bicyclic) bond motifs is 1. The summed E-state index contributed by atoms with van der Waals surface area (Å²) in [5.74, 6) is -0.699. The van der Waals surface area contributed by atoms with Gasteiger partial charge in [0.25, 0.3) is 5.91 Å². The van der Waals surface area contributed by atoms with E-state index in [0.717, 1.165) is 23.7 Å². The average Bonchev–Trinajstić information content (AvgIpc) is 2.87. The Morgan fingerprint density at radius 3 is 2.78 bits per heavy atom. The van der Waals surface area contributed by atoms with Gasteiger partial charge in [0.05, 0.1) is 18.3 Å². The second-order valence-electron chi connectivity index (χ2n) is 5.64. The molecular weight excluding hydrogens is 296 g/mol. The largest absolute Gasteiger partial charge is 0.464 e. The third kappa shape index (κ3) is 2.82. The molecular formula is C17H20N2O4. The molecule has 1 saturated heterocycles. The van der Waals surface area contributed by atoms with Crippen molar-refractivity contribution in [2.24, 2.45) is 7.05 Å². The number of esters is 1. The molecule has 1 aliphatic heterocycles. The van der Waals surface area contributed by atoms with Crippen LogP contribution < -0.4 is 5.32 Å². The van der Waals surface area contributed by atoms with Crippen LogP contribution in [0.4, 0.5) is 5.69 Å². The number of carbonyl (C=O) groups excluding carboxylic acids is 2. The Hall–Kier alpha value is -2.34. The number of carbonyl (C=O) groups is 2. The van der Waals surface area contributed by atoms with E-state index in [2.05, 4.69) is 5.32 Å². The van der Waals surface area contributed by atoms with Crippen LogP contribution in [0.1, 0.15) is 29.8 Å². The number of para-hydroxylation sites is 1. The molecule has 1 amide bonds. The standard InChI is InChI=1S/C17H20N2O4/c1-19-12-8-4-3-7-11(12)14(15(19)17(21)22-2)18-16(20)13-9-5-6-10-23-13/h3-4,7-8,13H,5-6,9-10H2,1-2H3,(H,18,20). The van der Waals surface area contributed by atoms with E-state index in [-0.39, 0.29) is 5.91 Å². The molecule has 1 aromatic heterocycles. The SMILES string of the molecule is COC(=O)c1c(NC(=O)C2CCCCO2)c2ccccc2n1C. The van der Waals surface area contributed by atoms with Crippen molar-refractivity contribution in [3.05, 3.63) is 30.0 Å². The van der Waals surface area contributed by atoms with Gasteiger partial charge in [0.1, 0.15) is 6.10 Å². The van der Waals surface area contributed by atoms with Gasteiger partial charge in [-0.2, -0.15) is 0 Å². The van der Waals surface area contributed by atoms with E-state index in [4.69, 9.17) is 9.47 Å². The zero-order valence-electron chi connectivity index (χ0n) is 13.3. The first-order valence-electron chi connectivity index (χ1n) is 7.71. The fourth-order valence-corrected chi connectivity index (χ4v) is 3.01. The van der Waals surface area contributed by atoms with Crippen molar-refractivity contribution in [2.75, 3.05) is 19.0 Å². The van der Waals surface area contributed by atoms with E-state index in [1.807, 2.05) is 24.3 Å². The number of methoxy groups -OCH3 is 1. The Balaban J connectivity index is 2.01. The van der Waals surface area contributed by atoms with Gasteiger partial charge in [-0.05, 0) is 25.3 Å². The second kappa shape index (κ2) is 6.42. The summed E-state index contributed by atoms with van der Waals surface area (Å²) in [7, 11) is 3.11. The summed E-state index contributed by atoms with van der Waals surface area (Å²) in [6, 6.07) is 7.53. The maximum atomic E-state index is 12.5.